The lowest BCUT2D eigenvalue weighted by Gasteiger charge is -2.20. The van der Waals surface area contributed by atoms with Gasteiger partial charge < -0.3 is 10.2 Å². The first kappa shape index (κ1) is 14.3. The quantitative estimate of drug-likeness (QED) is 0.944. The molecule has 1 atom stereocenters. The molecule has 1 amide bonds. The maximum atomic E-state index is 13.8. The smallest absolute Gasteiger partial charge is 0.271 e. The highest BCUT2D eigenvalue weighted by Crippen LogP contribution is 2.28. The third-order valence-corrected chi connectivity index (χ3v) is 3.56. The van der Waals surface area contributed by atoms with Gasteiger partial charge in [-0.2, -0.15) is 0 Å². The number of halogens is 1. The normalized spacial score (nSPS) is 20.2. The highest BCUT2D eigenvalue weighted by molar-refractivity contribution is 6.08. The van der Waals surface area contributed by atoms with Crippen molar-refractivity contribution in [2.45, 2.75) is 18.9 Å². The number of carbonyl (C=O) groups is 1. The highest BCUT2D eigenvalue weighted by atomic mass is 19.1. The molecule has 5 heteroatoms. The standard InChI is InChI=1S/C17H15FN2O2/c1-17(16(21)19-12-7-3-2-4-8-12)11-15(20-22-17)13-9-5-6-10-14(13)18/h2-10H,11H2,1H3,(H,19,21)/t17-/m1/s1. The van der Waals surface area contributed by atoms with Crippen molar-refractivity contribution in [3.63, 3.8) is 0 Å². The summed E-state index contributed by atoms with van der Waals surface area (Å²) in [6.45, 7) is 1.64. The van der Waals surface area contributed by atoms with Gasteiger partial charge in [-0.25, -0.2) is 4.39 Å². The molecule has 4 nitrogen and oxygen atoms in total. The van der Waals surface area contributed by atoms with Crippen LogP contribution in [0.25, 0.3) is 0 Å². The van der Waals surface area contributed by atoms with Crippen molar-refractivity contribution < 1.29 is 14.0 Å². The molecule has 0 saturated heterocycles. The fraction of sp³-hybridized carbons (Fsp3) is 0.176. The lowest BCUT2D eigenvalue weighted by atomic mass is 9.95. The second-order valence-electron chi connectivity index (χ2n) is 5.34. The molecule has 1 aliphatic rings. The predicted molar refractivity (Wildman–Crippen MR) is 82.1 cm³/mol. The zero-order valence-electron chi connectivity index (χ0n) is 12.0. The van der Waals surface area contributed by atoms with Gasteiger partial charge in [-0.05, 0) is 25.1 Å². The summed E-state index contributed by atoms with van der Waals surface area (Å²) in [5.74, 6) is -0.689. The SMILES string of the molecule is C[C@]1(C(=O)Nc2ccccc2)CC(c2ccccc2F)=NO1. The number of nitrogens with one attached hydrogen (secondary N) is 1. The average molecular weight is 298 g/mol. The van der Waals surface area contributed by atoms with E-state index >= 15 is 0 Å². The van der Waals surface area contributed by atoms with Crippen LogP contribution in [0, 0.1) is 5.82 Å². The zero-order chi connectivity index (χ0) is 15.6. The number of rotatable bonds is 3. The van der Waals surface area contributed by atoms with E-state index in [4.69, 9.17) is 4.84 Å². The molecule has 1 aliphatic heterocycles. The van der Waals surface area contributed by atoms with Crippen LogP contribution >= 0.6 is 0 Å². The van der Waals surface area contributed by atoms with E-state index in [2.05, 4.69) is 10.5 Å². The van der Waals surface area contributed by atoms with E-state index in [9.17, 15) is 9.18 Å². The first-order valence-corrected chi connectivity index (χ1v) is 6.95. The van der Waals surface area contributed by atoms with Crippen LogP contribution in [0.3, 0.4) is 0 Å². The predicted octanol–water partition coefficient (Wildman–Crippen LogP) is 3.35. The van der Waals surface area contributed by atoms with Crippen molar-refractivity contribution in [2.24, 2.45) is 5.16 Å². The number of anilines is 1. The van der Waals surface area contributed by atoms with Gasteiger partial charge in [0.25, 0.3) is 5.91 Å². The molecule has 0 bridgehead atoms. The second kappa shape index (κ2) is 5.60. The van der Waals surface area contributed by atoms with E-state index in [-0.39, 0.29) is 18.1 Å². The molecule has 3 rings (SSSR count). The van der Waals surface area contributed by atoms with Gasteiger partial charge in [0, 0.05) is 17.7 Å². The van der Waals surface area contributed by atoms with E-state index in [0.29, 0.717) is 17.0 Å². The van der Waals surface area contributed by atoms with Crippen molar-refractivity contribution in [1.82, 2.24) is 0 Å². The molecule has 0 saturated carbocycles. The summed E-state index contributed by atoms with van der Waals surface area (Å²) in [6.07, 6.45) is 0.215. The molecule has 112 valence electrons. The topological polar surface area (TPSA) is 50.7 Å². The van der Waals surface area contributed by atoms with Gasteiger partial charge in [-0.3, -0.25) is 4.79 Å². The molecule has 0 aliphatic carbocycles. The van der Waals surface area contributed by atoms with E-state index in [1.807, 2.05) is 18.2 Å². The molecule has 0 fully saturated rings. The third-order valence-electron chi connectivity index (χ3n) is 3.56. The van der Waals surface area contributed by atoms with E-state index < -0.39 is 5.60 Å². The first-order valence-electron chi connectivity index (χ1n) is 6.95. The number of oxime groups is 1. The van der Waals surface area contributed by atoms with E-state index in [1.165, 1.54) is 6.07 Å². The van der Waals surface area contributed by atoms with Gasteiger partial charge in [0.15, 0.2) is 0 Å². The largest absolute Gasteiger partial charge is 0.379 e. The summed E-state index contributed by atoms with van der Waals surface area (Å²) in [4.78, 5) is 17.7. The molecule has 0 radical (unpaired) electrons. The van der Waals surface area contributed by atoms with Crippen molar-refractivity contribution in [1.29, 1.82) is 0 Å². The minimum atomic E-state index is -1.15. The Bertz CT molecular complexity index is 730. The van der Waals surface area contributed by atoms with Gasteiger partial charge in [0.05, 0.1) is 5.71 Å². The average Bonchev–Trinajstić information content (AvgIpc) is 2.92. The van der Waals surface area contributed by atoms with Gasteiger partial charge >= 0.3 is 0 Å². The Kier molecular flexibility index (Phi) is 3.63. The molecular weight excluding hydrogens is 283 g/mol. The molecular formula is C17H15FN2O2. The Morgan fingerprint density at radius 1 is 1.18 bits per heavy atom. The van der Waals surface area contributed by atoms with E-state index in [0.717, 1.165) is 0 Å². The Hall–Kier alpha value is -2.69. The Labute approximate surface area is 127 Å². The van der Waals surface area contributed by atoms with E-state index in [1.54, 1.807) is 37.3 Å². The van der Waals surface area contributed by atoms with Crippen molar-refractivity contribution in [3.8, 4) is 0 Å². The Morgan fingerprint density at radius 2 is 1.86 bits per heavy atom. The summed E-state index contributed by atoms with van der Waals surface area (Å²) in [7, 11) is 0. The Balaban J connectivity index is 1.74. The van der Waals surface area contributed by atoms with Crippen molar-refractivity contribution >= 4 is 17.3 Å². The summed E-state index contributed by atoms with van der Waals surface area (Å²) < 4.78 is 13.8. The second-order valence-corrected chi connectivity index (χ2v) is 5.34. The maximum absolute atomic E-state index is 13.8. The number of hydrogen-bond donors (Lipinski definition) is 1. The molecule has 2 aromatic rings. The van der Waals surface area contributed by atoms with Crippen LogP contribution in [0.4, 0.5) is 10.1 Å². The van der Waals surface area contributed by atoms with Crippen LogP contribution in [0.15, 0.2) is 59.8 Å². The lowest BCUT2D eigenvalue weighted by Crippen LogP contribution is -2.40. The lowest BCUT2D eigenvalue weighted by molar-refractivity contribution is -0.135. The number of carbonyl (C=O) groups excluding carboxylic acids is 1. The number of benzene rings is 2. The summed E-state index contributed by atoms with van der Waals surface area (Å²) in [5.41, 5.74) is 0.326. The summed E-state index contributed by atoms with van der Waals surface area (Å²) >= 11 is 0. The third kappa shape index (κ3) is 2.70. The molecule has 0 spiro atoms. The maximum Gasteiger partial charge on any atom is 0.271 e. The molecule has 2 aromatic carbocycles. The molecule has 0 aromatic heterocycles. The van der Waals surface area contributed by atoms with Gasteiger partial charge in [0.2, 0.25) is 5.60 Å². The summed E-state index contributed by atoms with van der Waals surface area (Å²) in [5, 5.41) is 6.68. The van der Waals surface area contributed by atoms with Crippen LogP contribution < -0.4 is 5.32 Å². The van der Waals surface area contributed by atoms with Crippen LogP contribution in [0.1, 0.15) is 18.9 Å². The number of hydrogen-bond acceptors (Lipinski definition) is 3. The van der Waals surface area contributed by atoms with Crippen molar-refractivity contribution in [2.75, 3.05) is 5.32 Å². The number of nitrogens with zero attached hydrogens (tertiary/aromatic N) is 1. The van der Waals surface area contributed by atoms with Crippen LogP contribution in [-0.4, -0.2) is 17.2 Å². The monoisotopic (exact) mass is 298 g/mol. The minimum Gasteiger partial charge on any atom is -0.379 e. The molecule has 1 heterocycles. The zero-order valence-corrected chi connectivity index (χ0v) is 12.0. The molecule has 1 N–H and O–H groups in total. The van der Waals surface area contributed by atoms with Crippen LogP contribution in [-0.2, 0) is 9.63 Å². The number of amides is 1. The van der Waals surface area contributed by atoms with Crippen molar-refractivity contribution in [3.05, 3.63) is 66.0 Å². The van der Waals surface area contributed by atoms with Gasteiger partial charge in [0.1, 0.15) is 5.82 Å². The number of para-hydroxylation sites is 1. The molecule has 22 heavy (non-hydrogen) atoms. The van der Waals surface area contributed by atoms with Crippen LogP contribution in [0.2, 0.25) is 0 Å². The Morgan fingerprint density at radius 3 is 2.59 bits per heavy atom. The van der Waals surface area contributed by atoms with Gasteiger partial charge in [-0.15, -0.1) is 0 Å². The fourth-order valence-corrected chi connectivity index (χ4v) is 2.29. The molecule has 0 unspecified atom stereocenters. The van der Waals surface area contributed by atoms with Crippen LogP contribution in [0.5, 0.6) is 0 Å². The summed E-state index contributed by atoms with van der Waals surface area (Å²) in [6, 6.07) is 15.4. The fourth-order valence-electron chi connectivity index (χ4n) is 2.29. The minimum absolute atomic E-state index is 0.215. The van der Waals surface area contributed by atoms with Gasteiger partial charge in [-0.1, -0.05) is 41.6 Å². The first-order chi connectivity index (χ1) is 10.6. The highest BCUT2D eigenvalue weighted by Gasteiger charge is 2.42.